The van der Waals surface area contributed by atoms with Gasteiger partial charge in [-0.15, -0.1) is 11.3 Å². The molecule has 1 aromatic rings. The number of hydrogen-bond donors (Lipinski definition) is 1. The number of nitrogens with zero attached hydrogens (tertiary/aromatic N) is 1. The quantitative estimate of drug-likeness (QED) is 0.757. The average molecular weight is 200 g/mol. The first-order chi connectivity index (χ1) is 5.97. The largest absolute Gasteiger partial charge is 0.444 e. The van der Waals surface area contributed by atoms with E-state index in [9.17, 15) is 4.79 Å². The lowest BCUT2D eigenvalue weighted by atomic mass is 10.2. The van der Waals surface area contributed by atoms with Crippen molar-refractivity contribution in [3.8, 4) is 0 Å². The third-order valence-corrected chi connectivity index (χ3v) is 1.74. The molecule has 0 aliphatic carbocycles. The van der Waals surface area contributed by atoms with Gasteiger partial charge < -0.3 is 4.74 Å². The third kappa shape index (κ3) is 3.89. The summed E-state index contributed by atoms with van der Waals surface area (Å²) >= 11 is 1.35. The molecule has 1 rings (SSSR count). The Morgan fingerprint density at radius 2 is 2.31 bits per heavy atom. The van der Waals surface area contributed by atoms with Gasteiger partial charge in [-0.1, -0.05) is 0 Å². The van der Waals surface area contributed by atoms with Crippen molar-refractivity contribution >= 4 is 22.4 Å². The van der Waals surface area contributed by atoms with Gasteiger partial charge in [0.05, 0.1) is 11.7 Å². The maximum Gasteiger partial charge on any atom is 0.412 e. The molecule has 0 aromatic carbocycles. The van der Waals surface area contributed by atoms with Crippen LogP contribution in [0.15, 0.2) is 11.7 Å². The zero-order valence-electron chi connectivity index (χ0n) is 7.83. The van der Waals surface area contributed by atoms with E-state index in [4.69, 9.17) is 4.74 Å². The van der Waals surface area contributed by atoms with Crippen molar-refractivity contribution in [2.45, 2.75) is 26.4 Å². The van der Waals surface area contributed by atoms with Gasteiger partial charge in [0.25, 0.3) is 0 Å². The van der Waals surface area contributed by atoms with Crippen molar-refractivity contribution in [1.82, 2.24) is 4.98 Å². The summed E-state index contributed by atoms with van der Waals surface area (Å²) in [4.78, 5) is 15.0. The molecule has 0 saturated heterocycles. The summed E-state index contributed by atoms with van der Waals surface area (Å²) in [5.74, 6) is 0. The molecular formula is C8H12N2O2S. The van der Waals surface area contributed by atoms with Crippen LogP contribution in [-0.4, -0.2) is 16.7 Å². The molecule has 72 valence electrons. The molecule has 0 aliphatic rings. The van der Waals surface area contributed by atoms with Crippen LogP contribution in [0.25, 0.3) is 0 Å². The van der Waals surface area contributed by atoms with Gasteiger partial charge in [-0.2, -0.15) is 0 Å². The number of thiazole rings is 1. The number of carbonyl (C=O) groups is 1. The third-order valence-electron chi connectivity index (χ3n) is 1.06. The second-order valence-corrected chi connectivity index (χ2v) is 4.38. The maximum atomic E-state index is 11.2. The zero-order chi connectivity index (χ0) is 9.90. The normalized spacial score (nSPS) is 11.0. The smallest absolute Gasteiger partial charge is 0.412 e. The molecule has 0 aliphatic heterocycles. The Morgan fingerprint density at radius 3 is 2.77 bits per heavy atom. The topological polar surface area (TPSA) is 51.2 Å². The first-order valence-corrected chi connectivity index (χ1v) is 4.74. The van der Waals surface area contributed by atoms with E-state index < -0.39 is 11.7 Å². The molecule has 0 saturated carbocycles. The van der Waals surface area contributed by atoms with E-state index >= 15 is 0 Å². The molecule has 1 amide bonds. The lowest BCUT2D eigenvalue weighted by molar-refractivity contribution is 0.0636. The number of carbonyl (C=O) groups excluding carboxylic acids is 1. The highest BCUT2D eigenvalue weighted by Gasteiger charge is 2.16. The summed E-state index contributed by atoms with van der Waals surface area (Å²) in [6.07, 6.45) is 1.13. The van der Waals surface area contributed by atoms with Crippen LogP contribution >= 0.6 is 11.3 Å². The molecule has 0 unspecified atom stereocenters. The van der Waals surface area contributed by atoms with Crippen molar-refractivity contribution < 1.29 is 9.53 Å². The number of rotatable bonds is 1. The number of amides is 1. The minimum atomic E-state index is -0.464. The van der Waals surface area contributed by atoms with Gasteiger partial charge in [0.1, 0.15) is 10.6 Å². The van der Waals surface area contributed by atoms with E-state index in [0.29, 0.717) is 5.00 Å². The summed E-state index contributed by atoms with van der Waals surface area (Å²) in [6.45, 7) is 5.46. The maximum absolute atomic E-state index is 11.2. The average Bonchev–Trinajstić information content (AvgIpc) is 2.34. The number of anilines is 1. The fourth-order valence-corrected chi connectivity index (χ4v) is 1.18. The first kappa shape index (κ1) is 9.98. The lowest BCUT2D eigenvalue weighted by Crippen LogP contribution is -2.26. The van der Waals surface area contributed by atoms with Gasteiger partial charge in [-0.05, 0) is 20.8 Å². The lowest BCUT2D eigenvalue weighted by Gasteiger charge is -2.19. The molecule has 5 heteroatoms. The summed E-state index contributed by atoms with van der Waals surface area (Å²) in [6, 6.07) is 0. The number of hydrogen-bond acceptors (Lipinski definition) is 4. The predicted molar refractivity (Wildman–Crippen MR) is 52.0 cm³/mol. The van der Waals surface area contributed by atoms with E-state index in [1.165, 1.54) is 11.3 Å². The van der Waals surface area contributed by atoms with Crippen LogP contribution in [0.4, 0.5) is 9.80 Å². The monoisotopic (exact) mass is 200 g/mol. The van der Waals surface area contributed by atoms with Crippen LogP contribution in [0.3, 0.4) is 0 Å². The van der Waals surface area contributed by atoms with Gasteiger partial charge in [0.2, 0.25) is 0 Å². The minimum absolute atomic E-state index is 0.447. The molecule has 1 N–H and O–H groups in total. The Morgan fingerprint density at radius 1 is 1.62 bits per heavy atom. The second kappa shape index (κ2) is 3.74. The molecule has 0 fully saturated rings. The molecule has 4 nitrogen and oxygen atoms in total. The van der Waals surface area contributed by atoms with Gasteiger partial charge >= 0.3 is 6.09 Å². The zero-order valence-corrected chi connectivity index (χ0v) is 8.64. The Labute approximate surface area is 80.9 Å². The van der Waals surface area contributed by atoms with Crippen LogP contribution < -0.4 is 5.32 Å². The predicted octanol–water partition coefficient (Wildman–Crippen LogP) is 2.49. The van der Waals surface area contributed by atoms with E-state index in [1.54, 1.807) is 11.7 Å². The molecule has 0 spiro atoms. The van der Waals surface area contributed by atoms with E-state index in [0.717, 1.165) is 0 Å². The first-order valence-electron chi connectivity index (χ1n) is 3.86. The van der Waals surface area contributed by atoms with Crippen molar-refractivity contribution in [3.05, 3.63) is 11.7 Å². The SMILES string of the molecule is CC(C)(C)OC(=O)Nc1cncs1. The van der Waals surface area contributed by atoms with E-state index in [1.807, 2.05) is 20.8 Å². The van der Waals surface area contributed by atoms with Gasteiger partial charge in [-0.25, -0.2) is 4.79 Å². The van der Waals surface area contributed by atoms with Crippen LogP contribution in [-0.2, 0) is 4.74 Å². The highest BCUT2D eigenvalue weighted by molar-refractivity contribution is 7.13. The van der Waals surface area contributed by atoms with Crippen molar-refractivity contribution in [2.75, 3.05) is 5.32 Å². The second-order valence-electron chi connectivity index (χ2n) is 3.49. The standard InChI is InChI=1S/C8H12N2O2S/c1-8(2,3)12-7(11)10-6-4-9-5-13-6/h4-5H,1-3H3,(H,10,11). The Balaban J connectivity index is 2.43. The Bertz CT molecular complexity index is 277. The van der Waals surface area contributed by atoms with Crippen molar-refractivity contribution in [1.29, 1.82) is 0 Å². The minimum Gasteiger partial charge on any atom is -0.444 e. The number of ether oxygens (including phenoxy) is 1. The number of aromatic nitrogens is 1. The fourth-order valence-electron chi connectivity index (χ4n) is 0.682. The highest BCUT2D eigenvalue weighted by Crippen LogP contribution is 2.14. The number of nitrogens with one attached hydrogen (secondary N) is 1. The summed E-state index contributed by atoms with van der Waals surface area (Å²) in [5, 5.41) is 3.26. The summed E-state index contributed by atoms with van der Waals surface area (Å²) in [5.41, 5.74) is 1.18. The van der Waals surface area contributed by atoms with Crippen molar-refractivity contribution in [3.63, 3.8) is 0 Å². The van der Waals surface area contributed by atoms with Crippen LogP contribution in [0.2, 0.25) is 0 Å². The van der Waals surface area contributed by atoms with Gasteiger partial charge in [0.15, 0.2) is 0 Å². The van der Waals surface area contributed by atoms with E-state index in [-0.39, 0.29) is 0 Å². The summed E-state index contributed by atoms with van der Waals surface area (Å²) in [7, 11) is 0. The molecule has 1 heterocycles. The summed E-state index contributed by atoms with van der Waals surface area (Å²) < 4.78 is 5.04. The van der Waals surface area contributed by atoms with Gasteiger partial charge in [-0.3, -0.25) is 10.3 Å². The molecule has 0 atom stereocenters. The molecule has 1 aromatic heterocycles. The molecule has 13 heavy (non-hydrogen) atoms. The fraction of sp³-hybridized carbons (Fsp3) is 0.500. The van der Waals surface area contributed by atoms with Crippen LogP contribution in [0, 0.1) is 0 Å². The molecular weight excluding hydrogens is 188 g/mol. The molecule has 0 radical (unpaired) electrons. The Kier molecular flexibility index (Phi) is 2.87. The van der Waals surface area contributed by atoms with Crippen LogP contribution in [0.1, 0.15) is 20.8 Å². The Hall–Kier alpha value is -1.10. The van der Waals surface area contributed by atoms with Gasteiger partial charge in [0, 0.05) is 0 Å². The van der Waals surface area contributed by atoms with E-state index in [2.05, 4.69) is 10.3 Å². The van der Waals surface area contributed by atoms with Crippen LogP contribution in [0.5, 0.6) is 0 Å². The van der Waals surface area contributed by atoms with Crippen molar-refractivity contribution in [2.24, 2.45) is 0 Å². The highest BCUT2D eigenvalue weighted by atomic mass is 32.1. The molecule has 0 bridgehead atoms.